The molecule has 0 aromatic carbocycles. The maximum Gasteiger partial charge on any atom is 0.123 e. The van der Waals surface area contributed by atoms with E-state index in [-0.39, 0.29) is 0 Å². The van der Waals surface area contributed by atoms with E-state index in [9.17, 15) is 0 Å². The Morgan fingerprint density at radius 2 is 1.95 bits per heavy atom. The third-order valence-corrected chi connectivity index (χ3v) is 3.41. The maximum atomic E-state index is 5.74. The number of pyridine rings is 1. The van der Waals surface area contributed by atoms with Gasteiger partial charge in [-0.2, -0.15) is 0 Å². The molecule has 0 radical (unpaired) electrons. The summed E-state index contributed by atoms with van der Waals surface area (Å²) >= 11 is 0. The molecule has 3 heterocycles. The van der Waals surface area contributed by atoms with Crippen LogP contribution in [-0.4, -0.2) is 24.1 Å². The molecule has 0 spiro atoms. The molecule has 0 bridgehead atoms. The predicted molar refractivity (Wildman–Crippen MR) is 81.3 cm³/mol. The van der Waals surface area contributed by atoms with Crippen LogP contribution in [0.4, 0.5) is 5.82 Å². The van der Waals surface area contributed by atoms with Crippen LogP contribution in [0.3, 0.4) is 0 Å². The molecule has 0 saturated carbocycles. The molecule has 3 aromatic rings. The first-order valence-corrected chi connectivity index (χ1v) is 7.01. The normalized spacial score (nSPS) is 10.9. The minimum atomic E-state index is 0.528. The number of hydrogen-bond donors (Lipinski definition) is 1. The van der Waals surface area contributed by atoms with Crippen LogP contribution in [-0.2, 0) is 13.1 Å². The van der Waals surface area contributed by atoms with E-state index >= 15 is 0 Å². The smallest absolute Gasteiger partial charge is 0.123 e. The molecule has 0 unspecified atom stereocenters. The van der Waals surface area contributed by atoms with Crippen LogP contribution in [0.25, 0.3) is 11.3 Å². The Balaban J connectivity index is 1.60. The van der Waals surface area contributed by atoms with Crippen molar-refractivity contribution in [3.63, 3.8) is 0 Å². The van der Waals surface area contributed by atoms with Gasteiger partial charge in [-0.25, -0.2) is 15.0 Å². The molecular weight excluding hydrogens is 264 g/mol. The number of hydrogen-bond acceptors (Lipinski definition) is 4. The number of aromatic nitrogens is 5. The first-order valence-electron chi connectivity index (χ1n) is 7.01. The first-order chi connectivity index (χ1) is 10.3. The largest absolute Gasteiger partial charge is 0.384 e. The van der Waals surface area contributed by atoms with Crippen molar-refractivity contribution < 1.29 is 0 Å². The molecule has 0 aliphatic rings. The van der Waals surface area contributed by atoms with Crippen molar-refractivity contribution in [2.24, 2.45) is 0 Å². The molecule has 0 saturated heterocycles. The second kappa shape index (κ2) is 6.21. The van der Waals surface area contributed by atoms with Gasteiger partial charge in [0.2, 0.25) is 0 Å². The molecule has 0 atom stereocenters. The Kier molecular flexibility index (Phi) is 3.95. The van der Waals surface area contributed by atoms with Gasteiger partial charge in [-0.15, -0.1) is 0 Å². The summed E-state index contributed by atoms with van der Waals surface area (Å²) in [5.41, 5.74) is 7.87. The Labute approximate surface area is 123 Å². The van der Waals surface area contributed by atoms with Gasteiger partial charge in [-0.3, -0.25) is 0 Å². The molecule has 0 fully saturated rings. The van der Waals surface area contributed by atoms with Crippen LogP contribution in [0.5, 0.6) is 0 Å². The Morgan fingerprint density at radius 3 is 2.76 bits per heavy atom. The highest BCUT2D eigenvalue weighted by molar-refractivity contribution is 5.61. The molecule has 0 aliphatic carbocycles. The SMILES string of the molecule is Nc1cc(-c2cncn2CCCCn2ccnc2)ccn1. The number of nitrogens with two attached hydrogens (primary N) is 1. The zero-order valence-electron chi connectivity index (χ0n) is 11.8. The average Bonchev–Trinajstić information content (AvgIpc) is 3.15. The fraction of sp³-hybridized carbons (Fsp3) is 0.267. The summed E-state index contributed by atoms with van der Waals surface area (Å²) in [5, 5.41) is 0. The summed E-state index contributed by atoms with van der Waals surface area (Å²) in [6, 6.07) is 3.83. The summed E-state index contributed by atoms with van der Waals surface area (Å²) in [6.07, 6.45) is 13.3. The van der Waals surface area contributed by atoms with Gasteiger partial charge in [-0.1, -0.05) is 0 Å². The molecule has 0 aliphatic heterocycles. The number of nitrogen functional groups attached to an aromatic ring is 1. The second-order valence-electron chi connectivity index (χ2n) is 4.95. The zero-order valence-corrected chi connectivity index (χ0v) is 11.8. The fourth-order valence-corrected chi connectivity index (χ4v) is 2.34. The van der Waals surface area contributed by atoms with E-state index in [1.807, 2.05) is 43.4 Å². The van der Waals surface area contributed by atoms with E-state index in [1.165, 1.54) is 0 Å². The van der Waals surface area contributed by atoms with Gasteiger partial charge in [0.05, 0.1) is 24.5 Å². The Bertz CT molecular complexity index is 686. The van der Waals surface area contributed by atoms with Gasteiger partial charge in [0.25, 0.3) is 0 Å². The highest BCUT2D eigenvalue weighted by atomic mass is 15.0. The molecule has 6 heteroatoms. The van der Waals surface area contributed by atoms with Crippen molar-refractivity contribution in [3.8, 4) is 11.3 Å². The number of nitrogens with zero attached hydrogens (tertiary/aromatic N) is 5. The van der Waals surface area contributed by atoms with E-state index in [0.29, 0.717) is 5.82 Å². The molecule has 21 heavy (non-hydrogen) atoms. The summed E-state index contributed by atoms with van der Waals surface area (Å²) in [4.78, 5) is 12.3. The van der Waals surface area contributed by atoms with Gasteiger partial charge in [0, 0.05) is 37.2 Å². The third kappa shape index (κ3) is 3.28. The zero-order chi connectivity index (χ0) is 14.5. The van der Waals surface area contributed by atoms with Crippen LogP contribution in [0.15, 0.2) is 49.6 Å². The van der Waals surface area contributed by atoms with Gasteiger partial charge in [-0.05, 0) is 25.0 Å². The van der Waals surface area contributed by atoms with Crippen molar-refractivity contribution in [1.82, 2.24) is 24.1 Å². The summed E-state index contributed by atoms with van der Waals surface area (Å²) in [6.45, 7) is 1.93. The van der Waals surface area contributed by atoms with Gasteiger partial charge in [0.1, 0.15) is 5.82 Å². The lowest BCUT2D eigenvalue weighted by molar-refractivity contribution is 0.555. The highest BCUT2D eigenvalue weighted by Gasteiger charge is 2.05. The molecule has 3 aromatic heterocycles. The van der Waals surface area contributed by atoms with Crippen molar-refractivity contribution in [2.45, 2.75) is 25.9 Å². The van der Waals surface area contributed by atoms with Crippen molar-refractivity contribution >= 4 is 5.82 Å². The van der Waals surface area contributed by atoms with E-state index in [2.05, 4.69) is 24.1 Å². The topological polar surface area (TPSA) is 74.5 Å². The monoisotopic (exact) mass is 282 g/mol. The van der Waals surface area contributed by atoms with Crippen LogP contribution in [0, 0.1) is 0 Å². The van der Waals surface area contributed by atoms with Crippen molar-refractivity contribution in [2.75, 3.05) is 5.73 Å². The molecule has 3 rings (SSSR count). The van der Waals surface area contributed by atoms with Crippen LogP contribution in [0.2, 0.25) is 0 Å². The van der Waals surface area contributed by atoms with Crippen molar-refractivity contribution in [1.29, 1.82) is 0 Å². The minimum Gasteiger partial charge on any atom is -0.384 e. The number of unbranched alkanes of at least 4 members (excludes halogenated alkanes) is 1. The van der Waals surface area contributed by atoms with Crippen LogP contribution in [0.1, 0.15) is 12.8 Å². The fourth-order valence-electron chi connectivity index (χ4n) is 2.34. The lowest BCUT2D eigenvalue weighted by atomic mass is 10.2. The number of anilines is 1. The molecule has 6 nitrogen and oxygen atoms in total. The lowest BCUT2D eigenvalue weighted by Gasteiger charge is -2.09. The van der Waals surface area contributed by atoms with E-state index in [0.717, 1.165) is 37.2 Å². The summed E-state index contributed by atoms with van der Waals surface area (Å²) in [7, 11) is 0. The first kappa shape index (κ1) is 13.4. The number of rotatable bonds is 6. The molecule has 0 amide bonds. The maximum absolute atomic E-state index is 5.74. The Morgan fingerprint density at radius 1 is 1.05 bits per heavy atom. The molecule has 2 N–H and O–H groups in total. The number of imidazole rings is 2. The van der Waals surface area contributed by atoms with Gasteiger partial charge < -0.3 is 14.9 Å². The standard InChI is InChI=1S/C15H18N6/c16-15-9-13(3-4-19-15)14-10-18-12-21(14)7-2-1-6-20-8-5-17-11-20/h3-5,8-12H,1-2,6-7H2,(H2,16,19). The second-order valence-corrected chi connectivity index (χ2v) is 4.95. The van der Waals surface area contributed by atoms with E-state index in [4.69, 9.17) is 5.73 Å². The minimum absolute atomic E-state index is 0.528. The Hall–Kier alpha value is -2.63. The average molecular weight is 282 g/mol. The predicted octanol–water partition coefficient (Wildman–Crippen LogP) is 2.20. The molecular formula is C15H18N6. The summed E-state index contributed by atoms with van der Waals surface area (Å²) < 4.78 is 4.25. The van der Waals surface area contributed by atoms with E-state index in [1.54, 1.807) is 6.20 Å². The van der Waals surface area contributed by atoms with Crippen LogP contribution < -0.4 is 5.73 Å². The van der Waals surface area contributed by atoms with Crippen LogP contribution >= 0.6 is 0 Å². The molecule has 108 valence electrons. The van der Waals surface area contributed by atoms with E-state index < -0.39 is 0 Å². The highest BCUT2D eigenvalue weighted by Crippen LogP contribution is 2.20. The van der Waals surface area contributed by atoms with Crippen molar-refractivity contribution in [3.05, 3.63) is 49.6 Å². The van der Waals surface area contributed by atoms with Gasteiger partial charge in [0.15, 0.2) is 0 Å². The summed E-state index contributed by atoms with van der Waals surface area (Å²) in [5.74, 6) is 0.528. The lowest BCUT2D eigenvalue weighted by Crippen LogP contribution is -2.02. The van der Waals surface area contributed by atoms with Gasteiger partial charge >= 0.3 is 0 Å². The third-order valence-electron chi connectivity index (χ3n) is 3.41. The number of aryl methyl sites for hydroxylation is 2. The quantitative estimate of drug-likeness (QED) is 0.703.